The first-order valence-electron chi connectivity index (χ1n) is 5.12. The molecular weight excluding hydrogens is 284 g/mol. The standard InChI is InChI=1S/C13H13BrOS/c1-9-4-2-3-5-10(9)6-13(15)11-7-16-8-12(11)14/h2-5,7-8,13,15H,6H2,1H3. The smallest absolute Gasteiger partial charge is 0.0849 e. The van der Waals surface area contributed by atoms with Crippen LogP contribution in [0, 0.1) is 6.92 Å². The van der Waals surface area contributed by atoms with Crippen LogP contribution in [-0.2, 0) is 6.42 Å². The zero-order valence-corrected chi connectivity index (χ0v) is 11.4. The van der Waals surface area contributed by atoms with Gasteiger partial charge in [-0.1, -0.05) is 24.3 Å². The second-order valence-electron chi connectivity index (χ2n) is 3.82. The highest BCUT2D eigenvalue weighted by Crippen LogP contribution is 2.29. The molecule has 1 N–H and O–H groups in total. The molecule has 1 atom stereocenters. The van der Waals surface area contributed by atoms with Crippen molar-refractivity contribution in [2.45, 2.75) is 19.4 Å². The second kappa shape index (κ2) is 5.13. The molecule has 84 valence electrons. The molecule has 0 saturated carbocycles. The molecule has 16 heavy (non-hydrogen) atoms. The van der Waals surface area contributed by atoms with Crippen LogP contribution in [0.2, 0.25) is 0 Å². The number of thiophene rings is 1. The quantitative estimate of drug-likeness (QED) is 0.904. The Morgan fingerprint density at radius 1 is 1.31 bits per heavy atom. The molecule has 1 aromatic carbocycles. The molecule has 0 aliphatic rings. The van der Waals surface area contributed by atoms with Gasteiger partial charge in [0.25, 0.3) is 0 Å². The van der Waals surface area contributed by atoms with Gasteiger partial charge in [0.15, 0.2) is 0 Å². The number of hydrogen-bond acceptors (Lipinski definition) is 2. The minimum Gasteiger partial charge on any atom is -0.388 e. The summed E-state index contributed by atoms with van der Waals surface area (Å²) in [4.78, 5) is 0. The minimum absolute atomic E-state index is 0.429. The van der Waals surface area contributed by atoms with Gasteiger partial charge in [-0.05, 0) is 39.4 Å². The molecule has 0 fully saturated rings. The van der Waals surface area contributed by atoms with Crippen molar-refractivity contribution in [3.8, 4) is 0 Å². The lowest BCUT2D eigenvalue weighted by Gasteiger charge is -2.11. The van der Waals surface area contributed by atoms with E-state index in [-0.39, 0.29) is 0 Å². The lowest BCUT2D eigenvalue weighted by molar-refractivity contribution is 0.178. The first-order chi connectivity index (χ1) is 7.68. The maximum atomic E-state index is 10.1. The molecule has 0 saturated heterocycles. The Labute approximate surface area is 108 Å². The molecule has 1 nitrogen and oxygen atoms in total. The number of aliphatic hydroxyl groups excluding tert-OH is 1. The van der Waals surface area contributed by atoms with Gasteiger partial charge in [-0.25, -0.2) is 0 Å². The number of halogens is 1. The lowest BCUT2D eigenvalue weighted by atomic mass is 10.00. The normalized spacial score (nSPS) is 12.7. The van der Waals surface area contributed by atoms with Gasteiger partial charge in [-0.2, -0.15) is 11.3 Å². The molecule has 0 spiro atoms. The van der Waals surface area contributed by atoms with Crippen LogP contribution in [0.3, 0.4) is 0 Å². The number of rotatable bonds is 3. The Balaban J connectivity index is 2.17. The predicted molar refractivity (Wildman–Crippen MR) is 71.9 cm³/mol. The zero-order valence-electron chi connectivity index (χ0n) is 8.98. The van der Waals surface area contributed by atoms with E-state index in [0.29, 0.717) is 6.42 Å². The van der Waals surface area contributed by atoms with Crippen LogP contribution in [0.4, 0.5) is 0 Å². The summed E-state index contributed by atoms with van der Waals surface area (Å²) in [7, 11) is 0. The molecule has 1 unspecified atom stereocenters. The molecule has 0 amide bonds. The van der Waals surface area contributed by atoms with Gasteiger partial charge < -0.3 is 5.11 Å². The van der Waals surface area contributed by atoms with Crippen LogP contribution in [0.15, 0.2) is 39.5 Å². The van der Waals surface area contributed by atoms with E-state index in [1.807, 2.05) is 22.9 Å². The van der Waals surface area contributed by atoms with Gasteiger partial charge in [0.05, 0.1) is 6.10 Å². The summed E-state index contributed by atoms with van der Waals surface area (Å²) in [6.45, 7) is 2.07. The maximum absolute atomic E-state index is 10.1. The van der Waals surface area contributed by atoms with Gasteiger partial charge in [0.1, 0.15) is 0 Å². The van der Waals surface area contributed by atoms with Gasteiger partial charge in [0.2, 0.25) is 0 Å². The Hall–Kier alpha value is -0.640. The number of hydrogen-bond donors (Lipinski definition) is 1. The molecule has 0 radical (unpaired) electrons. The van der Waals surface area contributed by atoms with Crippen LogP contribution in [-0.4, -0.2) is 5.11 Å². The van der Waals surface area contributed by atoms with Gasteiger partial charge in [0, 0.05) is 21.8 Å². The van der Waals surface area contributed by atoms with Crippen molar-refractivity contribution in [1.82, 2.24) is 0 Å². The largest absolute Gasteiger partial charge is 0.388 e. The van der Waals surface area contributed by atoms with Crippen molar-refractivity contribution in [2.75, 3.05) is 0 Å². The molecule has 1 heterocycles. The zero-order chi connectivity index (χ0) is 11.5. The van der Waals surface area contributed by atoms with E-state index < -0.39 is 6.10 Å². The highest BCUT2D eigenvalue weighted by molar-refractivity contribution is 9.10. The van der Waals surface area contributed by atoms with Gasteiger partial charge in [-0.15, -0.1) is 0 Å². The average Bonchev–Trinajstić information content (AvgIpc) is 2.68. The summed E-state index contributed by atoms with van der Waals surface area (Å²) in [5.41, 5.74) is 3.41. The average molecular weight is 297 g/mol. The van der Waals surface area contributed by atoms with Crippen molar-refractivity contribution >= 4 is 27.3 Å². The second-order valence-corrected chi connectivity index (χ2v) is 5.42. The highest BCUT2D eigenvalue weighted by atomic mass is 79.9. The maximum Gasteiger partial charge on any atom is 0.0849 e. The van der Waals surface area contributed by atoms with E-state index in [1.165, 1.54) is 11.1 Å². The molecule has 2 aromatic rings. The van der Waals surface area contributed by atoms with Gasteiger partial charge in [-0.3, -0.25) is 0 Å². The number of aliphatic hydroxyl groups is 1. The highest BCUT2D eigenvalue weighted by Gasteiger charge is 2.13. The molecule has 0 bridgehead atoms. The summed E-state index contributed by atoms with van der Waals surface area (Å²) in [5, 5.41) is 14.1. The fourth-order valence-corrected chi connectivity index (χ4v) is 3.29. The van der Waals surface area contributed by atoms with Crippen molar-refractivity contribution in [1.29, 1.82) is 0 Å². The fraction of sp³-hybridized carbons (Fsp3) is 0.231. The summed E-state index contributed by atoms with van der Waals surface area (Å²) in [5.74, 6) is 0. The Morgan fingerprint density at radius 2 is 2.06 bits per heavy atom. The molecule has 2 rings (SSSR count). The van der Waals surface area contributed by atoms with Gasteiger partial charge >= 0.3 is 0 Å². The van der Waals surface area contributed by atoms with Crippen molar-refractivity contribution in [3.05, 3.63) is 56.2 Å². The van der Waals surface area contributed by atoms with E-state index in [2.05, 4.69) is 35.0 Å². The third-order valence-electron chi connectivity index (χ3n) is 2.68. The fourth-order valence-electron chi connectivity index (χ4n) is 1.69. The number of benzene rings is 1. The monoisotopic (exact) mass is 296 g/mol. The minimum atomic E-state index is -0.429. The predicted octanol–water partition coefficient (Wildman–Crippen LogP) is 4.10. The summed E-state index contributed by atoms with van der Waals surface area (Å²) >= 11 is 5.05. The van der Waals surface area contributed by atoms with Crippen LogP contribution in [0.1, 0.15) is 22.8 Å². The first kappa shape index (κ1) is 11.8. The first-order valence-corrected chi connectivity index (χ1v) is 6.86. The van der Waals surface area contributed by atoms with Crippen LogP contribution < -0.4 is 0 Å². The van der Waals surface area contributed by atoms with E-state index in [1.54, 1.807) is 11.3 Å². The third-order valence-corrected chi connectivity index (χ3v) is 4.43. The van der Waals surface area contributed by atoms with Crippen LogP contribution in [0.5, 0.6) is 0 Å². The van der Waals surface area contributed by atoms with E-state index in [0.717, 1.165) is 10.0 Å². The van der Waals surface area contributed by atoms with E-state index >= 15 is 0 Å². The van der Waals surface area contributed by atoms with Crippen LogP contribution in [0.25, 0.3) is 0 Å². The van der Waals surface area contributed by atoms with Crippen molar-refractivity contribution in [2.24, 2.45) is 0 Å². The summed E-state index contributed by atoms with van der Waals surface area (Å²) in [6.07, 6.45) is 0.240. The molecule has 1 aromatic heterocycles. The van der Waals surface area contributed by atoms with E-state index in [4.69, 9.17) is 0 Å². The molecule has 0 aliphatic carbocycles. The summed E-state index contributed by atoms with van der Waals surface area (Å²) < 4.78 is 0.999. The summed E-state index contributed by atoms with van der Waals surface area (Å²) in [6, 6.07) is 8.17. The van der Waals surface area contributed by atoms with Crippen LogP contribution >= 0.6 is 27.3 Å². The Bertz CT molecular complexity index is 478. The van der Waals surface area contributed by atoms with E-state index in [9.17, 15) is 5.11 Å². The molecule has 3 heteroatoms. The number of aryl methyl sites for hydroxylation is 1. The Morgan fingerprint density at radius 3 is 2.69 bits per heavy atom. The Kier molecular flexibility index (Phi) is 3.79. The molecule has 0 aliphatic heterocycles. The van der Waals surface area contributed by atoms with Crippen molar-refractivity contribution in [3.63, 3.8) is 0 Å². The topological polar surface area (TPSA) is 20.2 Å². The SMILES string of the molecule is Cc1ccccc1CC(O)c1cscc1Br. The third kappa shape index (κ3) is 2.54. The van der Waals surface area contributed by atoms with Crippen molar-refractivity contribution < 1.29 is 5.11 Å². The lowest BCUT2D eigenvalue weighted by Crippen LogP contribution is -2.02. The molecular formula is C13H13BrOS.